The Morgan fingerprint density at radius 2 is 1.79 bits per heavy atom. The Kier molecular flexibility index (Phi) is 4.00. The van der Waals surface area contributed by atoms with E-state index in [2.05, 4.69) is 15.6 Å². The summed E-state index contributed by atoms with van der Waals surface area (Å²) in [6.07, 6.45) is 0. The minimum absolute atomic E-state index is 0.0148. The van der Waals surface area contributed by atoms with Crippen LogP contribution < -0.4 is 16.4 Å². The van der Waals surface area contributed by atoms with Crippen LogP contribution in [0.25, 0.3) is 5.70 Å². The monoisotopic (exact) mass is 317 g/mol. The zero-order chi connectivity index (χ0) is 17.1. The first-order valence-electron chi connectivity index (χ1n) is 7.31. The highest BCUT2D eigenvalue weighted by atomic mass is 16.1. The van der Waals surface area contributed by atoms with Gasteiger partial charge in [-0.15, -0.1) is 0 Å². The lowest BCUT2D eigenvalue weighted by atomic mass is 10.0. The van der Waals surface area contributed by atoms with Gasteiger partial charge >= 0.3 is 0 Å². The van der Waals surface area contributed by atoms with E-state index in [-0.39, 0.29) is 5.57 Å². The standard InChI is InChI=1S/C18H15N5O/c1-21-18(24)15(10-19)16-13-4-2-3-5-14(13)17(23-16)22-12-8-6-11(20)7-9-12/h2-9H,20H2,1H3,(H,21,24)(H,22,23)/b16-15-. The van der Waals surface area contributed by atoms with Crippen molar-refractivity contribution in [3.8, 4) is 6.07 Å². The minimum atomic E-state index is -0.459. The fourth-order valence-corrected chi connectivity index (χ4v) is 2.45. The normalized spacial score (nSPS) is 14.2. The van der Waals surface area contributed by atoms with E-state index in [1.165, 1.54) is 7.05 Å². The third kappa shape index (κ3) is 2.71. The van der Waals surface area contributed by atoms with Crippen LogP contribution in [0.5, 0.6) is 0 Å². The molecule has 1 aliphatic rings. The topological polar surface area (TPSA) is 103 Å². The molecule has 0 saturated carbocycles. The molecule has 0 spiro atoms. The number of nitrogen functional groups attached to an aromatic ring is 1. The first-order chi connectivity index (χ1) is 11.6. The molecule has 2 aromatic rings. The summed E-state index contributed by atoms with van der Waals surface area (Å²) < 4.78 is 0. The van der Waals surface area contributed by atoms with Gasteiger partial charge in [0.2, 0.25) is 0 Å². The summed E-state index contributed by atoms with van der Waals surface area (Å²) in [5, 5.41) is 15.0. The van der Waals surface area contributed by atoms with Crippen LogP contribution in [0, 0.1) is 11.3 Å². The van der Waals surface area contributed by atoms with Gasteiger partial charge in [-0.3, -0.25) is 4.79 Å². The molecular weight excluding hydrogens is 302 g/mol. The van der Waals surface area contributed by atoms with Gasteiger partial charge in [-0.2, -0.15) is 5.26 Å². The highest BCUT2D eigenvalue weighted by Crippen LogP contribution is 2.31. The number of hydrogen-bond acceptors (Lipinski definition) is 5. The van der Waals surface area contributed by atoms with Crippen molar-refractivity contribution in [2.75, 3.05) is 18.1 Å². The molecule has 24 heavy (non-hydrogen) atoms. The number of nitrogens with two attached hydrogens (primary N) is 1. The van der Waals surface area contributed by atoms with Crippen molar-refractivity contribution in [1.29, 1.82) is 5.26 Å². The first-order valence-corrected chi connectivity index (χ1v) is 7.31. The largest absolute Gasteiger partial charge is 0.399 e. The van der Waals surface area contributed by atoms with Crippen LogP contribution in [0.3, 0.4) is 0 Å². The van der Waals surface area contributed by atoms with E-state index in [4.69, 9.17) is 5.73 Å². The van der Waals surface area contributed by atoms with E-state index in [1.807, 2.05) is 42.5 Å². The summed E-state index contributed by atoms with van der Waals surface area (Å²) in [5.74, 6) is 0.127. The Bertz CT molecular complexity index is 904. The van der Waals surface area contributed by atoms with Gasteiger partial charge < -0.3 is 16.4 Å². The molecule has 0 saturated heterocycles. The fraction of sp³-hybridized carbons (Fsp3) is 0.0556. The Balaban J connectivity index is 2.08. The van der Waals surface area contributed by atoms with E-state index in [0.29, 0.717) is 17.2 Å². The van der Waals surface area contributed by atoms with Crippen LogP contribution >= 0.6 is 0 Å². The molecule has 6 heteroatoms. The lowest BCUT2D eigenvalue weighted by Gasteiger charge is -2.07. The Morgan fingerprint density at radius 1 is 1.12 bits per heavy atom. The lowest BCUT2D eigenvalue weighted by molar-refractivity contribution is -0.116. The molecule has 0 radical (unpaired) electrons. The molecule has 4 N–H and O–H groups in total. The fourth-order valence-electron chi connectivity index (χ4n) is 2.45. The predicted octanol–water partition coefficient (Wildman–Crippen LogP) is 2.12. The SMILES string of the molecule is CNC(=O)/C(C#N)=C1\N=C(Nc2ccc(N)cc2)c2ccccc21. The lowest BCUT2D eigenvalue weighted by Crippen LogP contribution is -2.20. The number of fused-ring (bicyclic) bond motifs is 1. The number of nitrogens with one attached hydrogen (secondary N) is 2. The summed E-state index contributed by atoms with van der Waals surface area (Å²) in [5.41, 5.74) is 9.11. The molecule has 1 amide bonds. The summed E-state index contributed by atoms with van der Waals surface area (Å²) in [6.45, 7) is 0. The molecule has 2 aromatic carbocycles. The third-order valence-corrected chi connectivity index (χ3v) is 3.64. The van der Waals surface area contributed by atoms with Crippen LogP contribution in [0.15, 0.2) is 59.1 Å². The van der Waals surface area contributed by atoms with Crippen LogP contribution in [0.4, 0.5) is 11.4 Å². The number of aliphatic imine (C=N–C) groups is 1. The highest BCUT2D eigenvalue weighted by Gasteiger charge is 2.25. The van der Waals surface area contributed by atoms with Crippen LogP contribution in [-0.4, -0.2) is 18.8 Å². The minimum Gasteiger partial charge on any atom is -0.399 e. The van der Waals surface area contributed by atoms with Gasteiger partial charge in [-0.25, -0.2) is 4.99 Å². The van der Waals surface area contributed by atoms with E-state index in [9.17, 15) is 10.1 Å². The quantitative estimate of drug-likeness (QED) is 0.448. The number of likely N-dealkylation sites (N-methyl/N-ethyl adjacent to an activating group) is 1. The summed E-state index contributed by atoms with van der Waals surface area (Å²) >= 11 is 0. The number of amidine groups is 1. The van der Waals surface area contributed by atoms with Gasteiger partial charge in [0, 0.05) is 29.5 Å². The second-order valence-corrected chi connectivity index (χ2v) is 5.17. The molecule has 0 fully saturated rings. The molecule has 0 atom stereocenters. The average molecular weight is 317 g/mol. The Morgan fingerprint density at radius 3 is 2.42 bits per heavy atom. The van der Waals surface area contributed by atoms with E-state index < -0.39 is 5.91 Å². The molecule has 0 unspecified atom stereocenters. The van der Waals surface area contributed by atoms with Gasteiger partial charge in [0.25, 0.3) is 5.91 Å². The maximum atomic E-state index is 11.9. The van der Waals surface area contributed by atoms with Crippen molar-refractivity contribution < 1.29 is 4.79 Å². The smallest absolute Gasteiger partial charge is 0.263 e. The van der Waals surface area contributed by atoms with Crippen LogP contribution in [-0.2, 0) is 4.79 Å². The van der Waals surface area contributed by atoms with Crippen molar-refractivity contribution in [3.63, 3.8) is 0 Å². The van der Waals surface area contributed by atoms with Gasteiger partial charge in [-0.1, -0.05) is 24.3 Å². The number of amides is 1. The average Bonchev–Trinajstić information content (AvgIpc) is 2.96. The Hall–Kier alpha value is -3.59. The molecule has 1 heterocycles. The van der Waals surface area contributed by atoms with E-state index >= 15 is 0 Å². The molecule has 6 nitrogen and oxygen atoms in total. The molecule has 118 valence electrons. The summed E-state index contributed by atoms with van der Waals surface area (Å²) in [6, 6.07) is 16.7. The number of nitriles is 1. The third-order valence-electron chi connectivity index (χ3n) is 3.64. The predicted molar refractivity (Wildman–Crippen MR) is 94.1 cm³/mol. The van der Waals surface area contributed by atoms with Crippen molar-refractivity contribution in [1.82, 2.24) is 5.32 Å². The zero-order valence-corrected chi connectivity index (χ0v) is 13.0. The molecule has 0 aromatic heterocycles. The highest BCUT2D eigenvalue weighted by molar-refractivity contribution is 6.19. The number of carbonyl (C=O) groups excluding carboxylic acids is 1. The maximum absolute atomic E-state index is 11.9. The van der Waals surface area contributed by atoms with E-state index in [1.54, 1.807) is 12.1 Å². The van der Waals surface area contributed by atoms with Crippen LogP contribution in [0.1, 0.15) is 11.1 Å². The first kappa shape index (κ1) is 15.3. The van der Waals surface area contributed by atoms with Crippen molar-refractivity contribution in [2.24, 2.45) is 4.99 Å². The van der Waals surface area contributed by atoms with Crippen molar-refractivity contribution in [2.45, 2.75) is 0 Å². The number of benzene rings is 2. The Labute approximate surface area is 139 Å². The van der Waals surface area contributed by atoms with Crippen molar-refractivity contribution in [3.05, 3.63) is 65.2 Å². The zero-order valence-electron chi connectivity index (χ0n) is 13.0. The van der Waals surface area contributed by atoms with Crippen molar-refractivity contribution >= 4 is 28.8 Å². The molecule has 0 aliphatic carbocycles. The summed E-state index contributed by atoms with van der Waals surface area (Å²) in [7, 11) is 1.48. The molecule has 1 aliphatic heterocycles. The molecular formula is C18H15N5O. The number of nitrogens with zero attached hydrogens (tertiary/aromatic N) is 2. The van der Waals surface area contributed by atoms with Gasteiger partial charge in [0.1, 0.15) is 17.5 Å². The van der Waals surface area contributed by atoms with Gasteiger partial charge in [0.05, 0.1) is 5.70 Å². The van der Waals surface area contributed by atoms with Crippen LogP contribution in [0.2, 0.25) is 0 Å². The number of hydrogen-bond donors (Lipinski definition) is 3. The second kappa shape index (κ2) is 6.26. The molecule has 3 rings (SSSR count). The van der Waals surface area contributed by atoms with Gasteiger partial charge in [-0.05, 0) is 24.3 Å². The summed E-state index contributed by atoms with van der Waals surface area (Å²) in [4.78, 5) is 16.4. The van der Waals surface area contributed by atoms with E-state index in [0.717, 1.165) is 16.8 Å². The van der Waals surface area contributed by atoms with Gasteiger partial charge in [0.15, 0.2) is 0 Å². The number of carbonyl (C=O) groups is 1. The number of anilines is 2. The number of rotatable bonds is 2. The molecule has 0 bridgehead atoms. The second-order valence-electron chi connectivity index (χ2n) is 5.17. The maximum Gasteiger partial charge on any atom is 0.263 e.